The molecule has 0 aromatic carbocycles. The van der Waals surface area contributed by atoms with Gasteiger partial charge in [0.1, 0.15) is 5.54 Å². The maximum atomic E-state index is 12.1. The Hall–Kier alpha value is -1.79. The summed E-state index contributed by atoms with van der Waals surface area (Å²) >= 11 is 0. The molecule has 3 amide bonds. The standard InChI is InChI=1S/C17H29N5O2/c1-16(2)9-12(16)10-19-14(18-4)22-7-5-11(6-8-22)17(3)13(23)20-15(24)21-17/h11-12H,5-10H2,1-4H3,(H,18,19)(H2,20,21,23,24). The predicted octanol–water partition coefficient (Wildman–Crippen LogP) is 0.918. The highest BCUT2D eigenvalue weighted by atomic mass is 16.2. The second-order valence-corrected chi connectivity index (χ2v) is 8.19. The molecule has 2 saturated heterocycles. The van der Waals surface area contributed by atoms with E-state index in [2.05, 4.69) is 39.7 Å². The van der Waals surface area contributed by atoms with Crippen molar-refractivity contribution >= 4 is 17.9 Å². The average Bonchev–Trinajstić information content (AvgIpc) is 3.05. The Morgan fingerprint density at radius 3 is 2.38 bits per heavy atom. The molecule has 2 aliphatic heterocycles. The van der Waals surface area contributed by atoms with Crippen LogP contribution in [0.3, 0.4) is 0 Å². The lowest BCUT2D eigenvalue weighted by Gasteiger charge is -2.39. The molecule has 3 fully saturated rings. The summed E-state index contributed by atoms with van der Waals surface area (Å²) in [4.78, 5) is 30.2. The van der Waals surface area contributed by atoms with Crippen molar-refractivity contribution in [1.82, 2.24) is 20.9 Å². The van der Waals surface area contributed by atoms with Crippen molar-refractivity contribution in [2.75, 3.05) is 26.7 Å². The van der Waals surface area contributed by atoms with Crippen LogP contribution in [0.25, 0.3) is 0 Å². The smallest absolute Gasteiger partial charge is 0.322 e. The van der Waals surface area contributed by atoms with Gasteiger partial charge in [-0.05, 0) is 43.4 Å². The van der Waals surface area contributed by atoms with Crippen LogP contribution in [0.15, 0.2) is 4.99 Å². The molecular formula is C17H29N5O2. The van der Waals surface area contributed by atoms with Crippen molar-refractivity contribution in [3.05, 3.63) is 0 Å². The van der Waals surface area contributed by atoms with Crippen LogP contribution in [0.5, 0.6) is 0 Å². The number of carbonyl (C=O) groups excluding carboxylic acids is 2. The number of hydrogen-bond donors (Lipinski definition) is 3. The van der Waals surface area contributed by atoms with Crippen molar-refractivity contribution in [1.29, 1.82) is 0 Å². The van der Waals surface area contributed by atoms with E-state index >= 15 is 0 Å². The summed E-state index contributed by atoms with van der Waals surface area (Å²) in [6.45, 7) is 9.09. The zero-order valence-electron chi connectivity index (χ0n) is 15.1. The molecule has 7 heteroatoms. The molecular weight excluding hydrogens is 306 g/mol. The maximum Gasteiger partial charge on any atom is 0.322 e. The number of amides is 3. The zero-order valence-corrected chi connectivity index (χ0v) is 15.1. The molecule has 3 aliphatic rings. The van der Waals surface area contributed by atoms with Crippen molar-refractivity contribution in [2.24, 2.45) is 22.2 Å². The van der Waals surface area contributed by atoms with Crippen molar-refractivity contribution in [3.8, 4) is 0 Å². The highest BCUT2D eigenvalue weighted by Crippen LogP contribution is 2.51. The number of imide groups is 1. The summed E-state index contributed by atoms with van der Waals surface area (Å²) in [7, 11) is 1.82. The van der Waals surface area contributed by atoms with E-state index in [1.807, 2.05) is 14.0 Å². The van der Waals surface area contributed by atoms with E-state index < -0.39 is 5.54 Å². The van der Waals surface area contributed by atoms with E-state index in [9.17, 15) is 9.59 Å². The van der Waals surface area contributed by atoms with Crippen LogP contribution in [0.4, 0.5) is 4.79 Å². The first-order valence-electron chi connectivity index (χ1n) is 8.85. The number of urea groups is 1. The quantitative estimate of drug-likeness (QED) is 0.407. The van der Waals surface area contributed by atoms with Crippen molar-refractivity contribution < 1.29 is 9.59 Å². The van der Waals surface area contributed by atoms with Gasteiger partial charge in [0.2, 0.25) is 0 Å². The van der Waals surface area contributed by atoms with Gasteiger partial charge in [-0.3, -0.25) is 15.1 Å². The van der Waals surface area contributed by atoms with Crippen LogP contribution in [0.1, 0.15) is 40.0 Å². The van der Waals surface area contributed by atoms with Crippen LogP contribution in [0.2, 0.25) is 0 Å². The van der Waals surface area contributed by atoms with Gasteiger partial charge < -0.3 is 15.5 Å². The molecule has 0 aromatic heterocycles. The third-order valence-electron chi connectivity index (χ3n) is 6.12. The van der Waals surface area contributed by atoms with Crippen LogP contribution in [-0.2, 0) is 4.79 Å². The molecule has 7 nitrogen and oxygen atoms in total. The van der Waals surface area contributed by atoms with Gasteiger partial charge in [-0.25, -0.2) is 4.79 Å². The normalized spacial score (nSPS) is 33.2. The maximum absolute atomic E-state index is 12.1. The topological polar surface area (TPSA) is 85.8 Å². The summed E-state index contributed by atoms with van der Waals surface area (Å²) in [5, 5.41) is 8.65. The van der Waals surface area contributed by atoms with Gasteiger partial charge in [0.05, 0.1) is 0 Å². The Labute approximate surface area is 143 Å². The summed E-state index contributed by atoms with van der Waals surface area (Å²) in [6, 6.07) is -0.380. The summed E-state index contributed by atoms with van der Waals surface area (Å²) < 4.78 is 0. The number of piperidine rings is 1. The Bertz CT molecular complexity index is 565. The van der Waals surface area contributed by atoms with Gasteiger partial charge in [-0.2, -0.15) is 0 Å². The molecule has 0 bridgehead atoms. The third-order valence-corrected chi connectivity index (χ3v) is 6.12. The SMILES string of the molecule is CN=C(NCC1CC1(C)C)N1CCC(C2(C)NC(=O)NC2=O)CC1. The Balaban J connectivity index is 1.52. The first-order valence-corrected chi connectivity index (χ1v) is 8.85. The minimum atomic E-state index is -0.780. The second-order valence-electron chi connectivity index (χ2n) is 8.19. The third kappa shape index (κ3) is 3.08. The van der Waals surface area contributed by atoms with Gasteiger partial charge in [-0.1, -0.05) is 13.8 Å². The fourth-order valence-electron chi connectivity index (χ4n) is 3.98. The largest absolute Gasteiger partial charge is 0.356 e. The lowest BCUT2D eigenvalue weighted by atomic mass is 9.79. The molecule has 2 heterocycles. The first-order chi connectivity index (χ1) is 11.3. The molecule has 1 aliphatic carbocycles. The molecule has 0 aromatic rings. The van der Waals surface area contributed by atoms with Crippen LogP contribution >= 0.6 is 0 Å². The van der Waals surface area contributed by atoms with Gasteiger partial charge in [0, 0.05) is 26.7 Å². The lowest BCUT2D eigenvalue weighted by molar-refractivity contribution is -0.125. The Morgan fingerprint density at radius 2 is 1.92 bits per heavy atom. The number of aliphatic imine (C=N–C) groups is 1. The number of nitrogens with zero attached hydrogens (tertiary/aromatic N) is 2. The second kappa shape index (κ2) is 5.93. The number of carbonyl (C=O) groups is 2. The van der Waals surface area contributed by atoms with Crippen LogP contribution < -0.4 is 16.0 Å². The van der Waals surface area contributed by atoms with E-state index in [0.29, 0.717) is 5.41 Å². The molecule has 0 spiro atoms. The van der Waals surface area contributed by atoms with E-state index in [-0.39, 0.29) is 17.9 Å². The van der Waals surface area contributed by atoms with Gasteiger partial charge in [0.25, 0.3) is 5.91 Å². The fraction of sp³-hybridized carbons (Fsp3) is 0.824. The average molecular weight is 335 g/mol. The minimum absolute atomic E-state index is 0.153. The van der Waals surface area contributed by atoms with E-state index in [0.717, 1.165) is 44.4 Å². The number of guanidine groups is 1. The Kier molecular flexibility index (Phi) is 4.21. The number of hydrogen-bond acceptors (Lipinski definition) is 3. The summed E-state index contributed by atoms with van der Waals surface area (Å²) in [6.07, 6.45) is 2.99. The molecule has 2 atom stereocenters. The highest BCUT2D eigenvalue weighted by Gasteiger charge is 2.49. The van der Waals surface area contributed by atoms with E-state index in [1.165, 1.54) is 6.42 Å². The summed E-state index contributed by atoms with van der Waals surface area (Å²) in [5.41, 5.74) is -0.320. The monoisotopic (exact) mass is 335 g/mol. The van der Waals surface area contributed by atoms with Gasteiger partial charge in [0.15, 0.2) is 5.96 Å². The molecule has 1 saturated carbocycles. The first kappa shape index (κ1) is 17.0. The molecule has 134 valence electrons. The summed E-state index contributed by atoms with van der Waals surface area (Å²) in [5.74, 6) is 1.62. The number of likely N-dealkylation sites (tertiary alicyclic amines) is 1. The fourth-order valence-corrected chi connectivity index (χ4v) is 3.98. The molecule has 3 rings (SSSR count). The van der Waals surface area contributed by atoms with Crippen LogP contribution in [0, 0.1) is 17.3 Å². The van der Waals surface area contributed by atoms with E-state index in [4.69, 9.17) is 0 Å². The predicted molar refractivity (Wildman–Crippen MR) is 92.6 cm³/mol. The van der Waals surface area contributed by atoms with E-state index in [1.54, 1.807) is 0 Å². The molecule has 3 N–H and O–H groups in total. The lowest BCUT2D eigenvalue weighted by Crippen LogP contribution is -2.55. The number of rotatable bonds is 3. The van der Waals surface area contributed by atoms with Gasteiger partial charge >= 0.3 is 6.03 Å². The van der Waals surface area contributed by atoms with Crippen molar-refractivity contribution in [3.63, 3.8) is 0 Å². The molecule has 0 radical (unpaired) electrons. The zero-order chi connectivity index (χ0) is 17.5. The highest BCUT2D eigenvalue weighted by molar-refractivity contribution is 6.07. The van der Waals surface area contributed by atoms with Gasteiger partial charge in [-0.15, -0.1) is 0 Å². The Morgan fingerprint density at radius 1 is 1.29 bits per heavy atom. The molecule has 24 heavy (non-hydrogen) atoms. The van der Waals surface area contributed by atoms with Crippen molar-refractivity contribution in [2.45, 2.75) is 45.6 Å². The molecule has 2 unspecified atom stereocenters. The minimum Gasteiger partial charge on any atom is -0.356 e. The van der Waals surface area contributed by atoms with Crippen LogP contribution in [-0.4, -0.2) is 55.0 Å². The number of nitrogens with one attached hydrogen (secondary N) is 3.